The Morgan fingerprint density at radius 1 is 1.00 bits per heavy atom. The van der Waals surface area contributed by atoms with Gasteiger partial charge in [-0.2, -0.15) is 0 Å². The number of rotatable bonds is 9. The van der Waals surface area contributed by atoms with Crippen molar-refractivity contribution in [1.29, 1.82) is 0 Å². The van der Waals surface area contributed by atoms with Crippen molar-refractivity contribution in [3.63, 3.8) is 0 Å². The molecule has 0 aliphatic carbocycles. The average molecular weight is 415 g/mol. The number of benzene rings is 2. The van der Waals surface area contributed by atoms with E-state index in [1.54, 1.807) is 13.3 Å². The highest BCUT2D eigenvalue weighted by atomic mass is 16.5. The molecule has 0 bridgehead atoms. The van der Waals surface area contributed by atoms with Crippen molar-refractivity contribution in [3.05, 3.63) is 89.9 Å². The van der Waals surface area contributed by atoms with E-state index in [9.17, 15) is 4.79 Å². The van der Waals surface area contributed by atoms with Crippen LogP contribution in [0.15, 0.2) is 72.9 Å². The maximum absolute atomic E-state index is 12.3. The topological polar surface area (TPSA) is 69.0 Å². The van der Waals surface area contributed by atoms with Crippen LogP contribution in [0.25, 0.3) is 11.2 Å². The molecule has 0 spiro atoms. The second kappa shape index (κ2) is 9.89. The maximum atomic E-state index is 12.3. The lowest BCUT2D eigenvalue weighted by molar-refractivity contribution is -0.121. The summed E-state index contributed by atoms with van der Waals surface area (Å²) in [7, 11) is 1.64. The Bertz CT molecular complexity index is 1140. The van der Waals surface area contributed by atoms with E-state index < -0.39 is 0 Å². The van der Waals surface area contributed by atoms with Gasteiger partial charge in [0.1, 0.15) is 17.1 Å². The Hall–Kier alpha value is -3.67. The van der Waals surface area contributed by atoms with Crippen molar-refractivity contribution >= 4 is 17.1 Å². The van der Waals surface area contributed by atoms with Gasteiger partial charge in [-0.25, -0.2) is 9.97 Å². The van der Waals surface area contributed by atoms with E-state index in [-0.39, 0.29) is 5.91 Å². The number of aryl methyl sites for hydroxylation is 1. The van der Waals surface area contributed by atoms with Crippen LogP contribution in [-0.2, 0) is 24.3 Å². The number of hydrogen-bond acceptors (Lipinski definition) is 4. The molecular weight excluding hydrogens is 388 g/mol. The van der Waals surface area contributed by atoms with Gasteiger partial charge in [-0.15, -0.1) is 0 Å². The Morgan fingerprint density at radius 2 is 1.81 bits per heavy atom. The van der Waals surface area contributed by atoms with Gasteiger partial charge in [-0.3, -0.25) is 4.79 Å². The number of nitrogens with zero attached hydrogens (tertiary/aromatic N) is 3. The van der Waals surface area contributed by atoms with Crippen LogP contribution in [0.3, 0.4) is 0 Å². The highest BCUT2D eigenvalue weighted by molar-refractivity contribution is 5.76. The van der Waals surface area contributed by atoms with Crippen LogP contribution in [0.2, 0.25) is 0 Å². The molecule has 0 radical (unpaired) electrons. The summed E-state index contributed by atoms with van der Waals surface area (Å²) in [5.41, 5.74) is 4.01. The largest absolute Gasteiger partial charge is 0.497 e. The average Bonchev–Trinajstić information content (AvgIpc) is 3.16. The highest BCUT2D eigenvalue weighted by Crippen LogP contribution is 2.18. The predicted octanol–water partition coefficient (Wildman–Crippen LogP) is 4.13. The third kappa shape index (κ3) is 5.28. The van der Waals surface area contributed by atoms with Gasteiger partial charge in [0.2, 0.25) is 5.91 Å². The number of pyridine rings is 1. The quantitative estimate of drug-likeness (QED) is 0.447. The van der Waals surface area contributed by atoms with Crippen molar-refractivity contribution in [1.82, 2.24) is 19.9 Å². The Labute approximate surface area is 181 Å². The number of ether oxygens (including phenoxy) is 1. The lowest BCUT2D eigenvalue weighted by atomic mass is 10.2. The van der Waals surface area contributed by atoms with Gasteiger partial charge in [-0.1, -0.05) is 42.5 Å². The number of amides is 1. The molecule has 0 fully saturated rings. The Morgan fingerprint density at radius 3 is 2.58 bits per heavy atom. The molecule has 4 aromatic rings. The van der Waals surface area contributed by atoms with E-state index in [0.717, 1.165) is 41.1 Å². The zero-order chi connectivity index (χ0) is 21.5. The van der Waals surface area contributed by atoms with Crippen LogP contribution >= 0.6 is 0 Å². The fourth-order valence-corrected chi connectivity index (χ4v) is 3.57. The number of aromatic nitrogens is 3. The monoisotopic (exact) mass is 414 g/mol. The third-order valence-electron chi connectivity index (χ3n) is 5.22. The maximum Gasteiger partial charge on any atom is 0.220 e. The molecule has 4 rings (SSSR count). The molecule has 0 unspecified atom stereocenters. The molecule has 1 N–H and O–H groups in total. The number of fused-ring (bicyclic) bond motifs is 1. The molecule has 2 aromatic carbocycles. The number of carbonyl (C=O) groups excluding carboxylic acids is 1. The summed E-state index contributed by atoms with van der Waals surface area (Å²) in [6.45, 7) is 1.23. The van der Waals surface area contributed by atoms with Gasteiger partial charge in [0.15, 0.2) is 5.65 Å². The van der Waals surface area contributed by atoms with Crippen molar-refractivity contribution in [2.45, 2.75) is 32.4 Å². The molecule has 158 valence electrons. The molecule has 2 aromatic heterocycles. The second-order valence-corrected chi connectivity index (χ2v) is 7.42. The molecule has 0 saturated heterocycles. The summed E-state index contributed by atoms with van der Waals surface area (Å²) in [6.07, 6.45) is 3.70. The molecule has 2 heterocycles. The van der Waals surface area contributed by atoms with Gasteiger partial charge in [0, 0.05) is 25.6 Å². The van der Waals surface area contributed by atoms with Crippen LogP contribution < -0.4 is 10.1 Å². The summed E-state index contributed by atoms with van der Waals surface area (Å²) in [5.74, 6) is 1.81. The van der Waals surface area contributed by atoms with E-state index in [4.69, 9.17) is 9.72 Å². The van der Waals surface area contributed by atoms with Gasteiger partial charge < -0.3 is 14.6 Å². The number of carbonyl (C=O) groups is 1. The van der Waals surface area contributed by atoms with Gasteiger partial charge in [0.25, 0.3) is 0 Å². The molecular formula is C25H26N4O2. The van der Waals surface area contributed by atoms with Gasteiger partial charge in [0.05, 0.1) is 13.7 Å². The third-order valence-corrected chi connectivity index (χ3v) is 5.22. The Balaban J connectivity index is 1.36. The van der Waals surface area contributed by atoms with Crippen molar-refractivity contribution < 1.29 is 9.53 Å². The molecule has 6 heteroatoms. The van der Waals surface area contributed by atoms with E-state index in [1.807, 2.05) is 54.6 Å². The normalized spacial score (nSPS) is 10.9. The van der Waals surface area contributed by atoms with Gasteiger partial charge >= 0.3 is 0 Å². The molecule has 0 saturated carbocycles. The first-order valence-corrected chi connectivity index (χ1v) is 10.5. The number of nitrogens with one attached hydrogen (secondary N) is 1. The van der Waals surface area contributed by atoms with Crippen LogP contribution in [0, 0.1) is 0 Å². The SMILES string of the molecule is COc1ccc(CNC(=O)CCCc2nc3cccnc3n2Cc2ccccc2)cc1. The summed E-state index contributed by atoms with van der Waals surface area (Å²) >= 11 is 0. The predicted molar refractivity (Wildman–Crippen MR) is 121 cm³/mol. The summed E-state index contributed by atoms with van der Waals surface area (Å²) in [5, 5.41) is 2.98. The number of hydrogen-bond donors (Lipinski definition) is 1. The van der Waals surface area contributed by atoms with Crippen molar-refractivity contribution in [2.24, 2.45) is 0 Å². The summed E-state index contributed by atoms with van der Waals surface area (Å²) in [4.78, 5) is 21.6. The van der Waals surface area contributed by atoms with E-state index in [2.05, 4.69) is 27.0 Å². The van der Waals surface area contributed by atoms with Gasteiger partial charge in [-0.05, 0) is 41.8 Å². The summed E-state index contributed by atoms with van der Waals surface area (Å²) in [6, 6.07) is 21.9. The molecule has 31 heavy (non-hydrogen) atoms. The lowest BCUT2D eigenvalue weighted by Gasteiger charge is -2.09. The zero-order valence-electron chi connectivity index (χ0n) is 17.6. The van der Waals surface area contributed by atoms with E-state index >= 15 is 0 Å². The highest BCUT2D eigenvalue weighted by Gasteiger charge is 2.12. The first kappa shape index (κ1) is 20.6. The first-order valence-electron chi connectivity index (χ1n) is 10.5. The van der Waals surface area contributed by atoms with Crippen molar-refractivity contribution in [3.8, 4) is 5.75 Å². The number of methoxy groups -OCH3 is 1. The smallest absolute Gasteiger partial charge is 0.220 e. The fourth-order valence-electron chi connectivity index (χ4n) is 3.57. The minimum absolute atomic E-state index is 0.0414. The minimum Gasteiger partial charge on any atom is -0.497 e. The standard InChI is InChI=1S/C25H26N4O2/c1-31-21-14-12-19(13-15-21)17-27-24(30)11-5-10-23-28-22-9-6-16-26-25(22)29(23)18-20-7-3-2-4-8-20/h2-4,6-9,12-16H,5,10-11,17-18H2,1H3,(H,27,30). The molecule has 1 amide bonds. The molecule has 6 nitrogen and oxygen atoms in total. The van der Waals surface area contributed by atoms with Crippen molar-refractivity contribution in [2.75, 3.05) is 7.11 Å². The molecule has 0 aliphatic heterocycles. The van der Waals surface area contributed by atoms with E-state index in [1.165, 1.54) is 5.56 Å². The Kier molecular flexibility index (Phi) is 6.57. The lowest BCUT2D eigenvalue weighted by Crippen LogP contribution is -2.22. The zero-order valence-corrected chi connectivity index (χ0v) is 17.6. The van der Waals surface area contributed by atoms with Crippen LogP contribution in [-0.4, -0.2) is 27.6 Å². The minimum atomic E-state index is 0.0414. The summed E-state index contributed by atoms with van der Waals surface area (Å²) < 4.78 is 7.31. The number of imidazole rings is 1. The second-order valence-electron chi connectivity index (χ2n) is 7.42. The van der Waals surface area contributed by atoms with E-state index in [0.29, 0.717) is 19.5 Å². The molecule has 0 atom stereocenters. The van der Waals surface area contributed by atoms with Crippen LogP contribution in [0.5, 0.6) is 5.75 Å². The first-order chi connectivity index (χ1) is 15.2. The molecule has 0 aliphatic rings. The van der Waals surface area contributed by atoms with Crippen LogP contribution in [0.1, 0.15) is 29.8 Å². The fraction of sp³-hybridized carbons (Fsp3) is 0.240. The van der Waals surface area contributed by atoms with Crippen LogP contribution in [0.4, 0.5) is 0 Å².